The quantitative estimate of drug-likeness (QED) is 0.155. The highest BCUT2D eigenvalue weighted by Gasteiger charge is 2.41. The maximum absolute atomic E-state index is 7.21. The summed E-state index contributed by atoms with van der Waals surface area (Å²) in [5.41, 5.74) is 9.15. The first-order valence-electron chi connectivity index (χ1n) is 16.5. The SMILES string of the molecule is CCCCCN1c2ccccc2Sc2c(Oc3ccc4ccccc4c3)c(Sc3c(C)cc(C)cc3C)c3c(c21)C(C)NC3NC. The average molecular weight is 646 g/mol. The summed E-state index contributed by atoms with van der Waals surface area (Å²) in [5, 5.41) is 9.90. The number of aryl methyl sites for hydroxylation is 3. The van der Waals surface area contributed by atoms with Crippen molar-refractivity contribution in [1.29, 1.82) is 0 Å². The Morgan fingerprint density at radius 2 is 1.61 bits per heavy atom. The molecule has 0 saturated heterocycles. The molecule has 0 spiro atoms. The fourth-order valence-corrected chi connectivity index (χ4v) is 9.64. The Morgan fingerprint density at radius 1 is 0.870 bits per heavy atom. The number of unbranched alkanes of at least 4 members (excludes halogenated alkanes) is 2. The second kappa shape index (κ2) is 13.0. The van der Waals surface area contributed by atoms with Crippen molar-refractivity contribution < 1.29 is 4.74 Å². The molecule has 2 aliphatic heterocycles. The van der Waals surface area contributed by atoms with Crippen LogP contribution in [0.5, 0.6) is 11.5 Å². The highest BCUT2D eigenvalue weighted by atomic mass is 32.2. The van der Waals surface area contributed by atoms with Crippen molar-refractivity contribution in [2.45, 2.75) is 85.7 Å². The number of hydrogen-bond donors (Lipinski definition) is 2. The van der Waals surface area contributed by atoms with Gasteiger partial charge in [-0.05, 0) is 87.3 Å². The van der Waals surface area contributed by atoms with Gasteiger partial charge >= 0.3 is 0 Å². The molecule has 0 bridgehead atoms. The first-order chi connectivity index (χ1) is 22.4. The minimum atomic E-state index is 0.00229. The maximum atomic E-state index is 7.21. The van der Waals surface area contributed by atoms with E-state index >= 15 is 0 Å². The van der Waals surface area contributed by atoms with Crippen LogP contribution in [0.3, 0.4) is 0 Å². The molecule has 0 saturated carbocycles. The first-order valence-corrected chi connectivity index (χ1v) is 18.1. The Morgan fingerprint density at radius 3 is 2.37 bits per heavy atom. The van der Waals surface area contributed by atoms with Gasteiger partial charge in [-0.15, -0.1) is 0 Å². The van der Waals surface area contributed by atoms with E-state index < -0.39 is 0 Å². The highest BCUT2D eigenvalue weighted by Crippen LogP contribution is 2.61. The summed E-state index contributed by atoms with van der Waals surface area (Å²) in [6, 6.07) is 28.7. The minimum absolute atomic E-state index is 0.00229. The van der Waals surface area contributed by atoms with E-state index in [1.807, 2.05) is 23.5 Å². The van der Waals surface area contributed by atoms with Crippen LogP contribution >= 0.6 is 23.5 Å². The standard InChI is InChI=1S/C40H43N3OS2/c1-7-8-13-20-43-31-16-11-12-17-32(31)45-39-35(43)33-27(5)42-40(41-6)34(33)38(46-37-25(3)21-24(2)22-26(37)4)36(39)44-30-19-18-28-14-9-10-15-29(28)23-30/h9-12,14-19,21-23,27,40-42H,7-8,13,20H2,1-6H3. The van der Waals surface area contributed by atoms with Crippen LogP contribution in [0.2, 0.25) is 0 Å². The summed E-state index contributed by atoms with van der Waals surface area (Å²) in [7, 11) is 2.06. The lowest BCUT2D eigenvalue weighted by atomic mass is 9.99. The largest absolute Gasteiger partial charge is 0.455 e. The van der Waals surface area contributed by atoms with Gasteiger partial charge in [0, 0.05) is 33.5 Å². The lowest BCUT2D eigenvalue weighted by Crippen LogP contribution is -2.27. The van der Waals surface area contributed by atoms with E-state index in [9.17, 15) is 0 Å². The Kier molecular flexibility index (Phi) is 8.81. The Balaban J connectivity index is 1.51. The zero-order valence-corrected chi connectivity index (χ0v) is 29.3. The molecule has 2 atom stereocenters. The van der Waals surface area contributed by atoms with Gasteiger partial charge in [0.05, 0.1) is 27.3 Å². The molecule has 2 N–H and O–H groups in total. The Hall–Kier alpha value is -3.42. The highest BCUT2D eigenvalue weighted by molar-refractivity contribution is 8.00. The maximum Gasteiger partial charge on any atom is 0.157 e. The van der Waals surface area contributed by atoms with Gasteiger partial charge in [0.25, 0.3) is 0 Å². The van der Waals surface area contributed by atoms with Gasteiger partial charge in [-0.2, -0.15) is 0 Å². The molecule has 5 aromatic carbocycles. The summed E-state index contributed by atoms with van der Waals surface area (Å²) >= 11 is 3.72. The molecule has 46 heavy (non-hydrogen) atoms. The van der Waals surface area contributed by atoms with Crippen molar-refractivity contribution >= 4 is 45.7 Å². The molecule has 0 aromatic heterocycles. The summed E-state index contributed by atoms with van der Waals surface area (Å²) in [4.78, 5) is 7.56. The molecule has 6 heteroatoms. The molecule has 0 amide bonds. The molecular formula is C40H43N3OS2. The van der Waals surface area contributed by atoms with Crippen molar-refractivity contribution in [3.05, 3.63) is 107 Å². The third kappa shape index (κ3) is 5.60. The molecule has 0 radical (unpaired) electrons. The van der Waals surface area contributed by atoms with Gasteiger partial charge in [0.2, 0.25) is 0 Å². The van der Waals surface area contributed by atoms with Crippen molar-refractivity contribution in [2.75, 3.05) is 18.5 Å². The van der Waals surface area contributed by atoms with E-state index in [1.54, 1.807) is 0 Å². The van der Waals surface area contributed by atoms with Crippen LogP contribution in [0.4, 0.5) is 11.4 Å². The van der Waals surface area contributed by atoms with Crippen LogP contribution in [0.1, 0.15) is 73.1 Å². The van der Waals surface area contributed by atoms with Gasteiger partial charge < -0.3 is 15.0 Å². The van der Waals surface area contributed by atoms with Crippen molar-refractivity contribution in [3.63, 3.8) is 0 Å². The summed E-state index contributed by atoms with van der Waals surface area (Å²) < 4.78 is 7.21. The second-order valence-corrected chi connectivity index (χ2v) is 14.7. The molecule has 236 valence electrons. The first kappa shape index (κ1) is 31.2. The Bertz CT molecular complexity index is 1910. The number of benzene rings is 5. The molecule has 2 unspecified atom stereocenters. The van der Waals surface area contributed by atoms with Crippen molar-refractivity contribution in [1.82, 2.24) is 10.6 Å². The molecule has 4 nitrogen and oxygen atoms in total. The third-order valence-corrected chi connectivity index (χ3v) is 11.8. The van der Waals surface area contributed by atoms with Gasteiger partial charge in [-0.25, -0.2) is 0 Å². The number of anilines is 2. The molecule has 2 heterocycles. The van der Waals surface area contributed by atoms with Crippen LogP contribution in [-0.2, 0) is 0 Å². The molecule has 5 aromatic rings. The second-order valence-electron chi connectivity index (χ2n) is 12.6. The number of fused-ring (bicyclic) bond motifs is 5. The number of ether oxygens (including phenoxy) is 1. The predicted octanol–water partition coefficient (Wildman–Crippen LogP) is 11.4. The van der Waals surface area contributed by atoms with Crippen LogP contribution in [-0.4, -0.2) is 13.6 Å². The van der Waals surface area contributed by atoms with Crippen LogP contribution < -0.4 is 20.3 Å². The van der Waals surface area contributed by atoms with E-state index in [4.69, 9.17) is 4.74 Å². The van der Waals surface area contributed by atoms with Crippen molar-refractivity contribution in [3.8, 4) is 11.5 Å². The average Bonchev–Trinajstić information content (AvgIpc) is 3.39. The Labute approximate surface area is 282 Å². The van der Waals surface area contributed by atoms with E-state index in [-0.39, 0.29) is 12.2 Å². The van der Waals surface area contributed by atoms with E-state index in [2.05, 4.69) is 136 Å². The zero-order chi connectivity index (χ0) is 31.9. The minimum Gasteiger partial charge on any atom is -0.455 e. The van der Waals surface area contributed by atoms with Gasteiger partial charge in [0.1, 0.15) is 5.75 Å². The van der Waals surface area contributed by atoms with Crippen molar-refractivity contribution in [2.24, 2.45) is 0 Å². The van der Waals surface area contributed by atoms with Crippen LogP contribution in [0.25, 0.3) is 10.8 Å². The zero-order valence-electron chi connectivity index (χ0n) is 27.7. The molecule has 0 fully saturated rings. The van der Waals surface area contributed by atoms with Crippen LogP contribution in [0, 0.1) is 20.8 Å². The van der Waals surface area contributed by atoms with Gasteiger partial charge in [0.15, 0.2) is 5.75 Å². The normalized spacial score (nSPS) is 16.8. The predicted molar refractivity (Wildman–Crippen MR) is 196 cm³/mol. The van der Waals surface area contributed by atoms with E-state index in [0.29, 0.717) is 0 Å². The number of nitrogens with one attached hydrogen (secondary N) is 2. The summed E-state index contributed by atoms with van der Waals surface area (Å²) in [5.74, 6) is 1.81. The fraction of sp³-hybridized carbons (Fsp3) is 0.300. The smallest absolute Gasteiger partial charge is 0.157 e. The number of para-hydroxylation sites is 1. The third-order valence-electron chi connectivity index (χ3n) is 9.22. The van der Waals surface area contributed by atoms with Gasteiger partial charge in [-0.1, -0.05) is 103 Å². The summed E-state index contributed by atoms with van der Waals surface area (Å²) in [6.07, 6.45) is 3.54. The number of nitrogens with zero attached hydrogens (tertiary/aromatic N) is 1. The molecule has 0 aliphatic carbocycles. The fourth-order valence-electron chi connectivity index (χ4n) is 7.16. The van der Waals surface area contributed by atoms with Gasteiger partial charge in [-0.3, -0.25) is 5.32 Å². The van der Waals surface area contributed by atoms with E-state index in [0.717, 1.165) is 24.5 Å². The van der Waals surface area contributed by atoms with Crippen LogP contribution in [0.15, 0.2) is 98.4 Å². The molecule has 7 rings (SSSR count). The molecular weight excluding hydrogens is 603 g/mol. The molecule has 2 aliphatic rings. The number of rotatable bonds is 9. The lowest BCUT2D eigenvalue weighted by Gasteiger charge is -2.37. The summed E-state index contributed by atoms with van der Waals surface area (Å²) in [6.45, 7) is 12.2. The lowest BCUT2D eigenvalue weighted by molar-refractivity contribution is 0.447. The number of hydrogen-bond acceptors (Lipinski definition) is 6. The monoisotopic (exact) mass is 645 g/mol. The topological polar surface area (TPSA) is 36.5 Å². The van der Waals surface area contributed by atoms with E-state index in [1.165, 1.54) is 82.4 Å².